The van der Waals surface area contributed by atoms with E-state index in [2.05, 4.69) is 6.07 Å². The largest absolute Gasteiger partial charge is 0.205 e. The lowest BCUT2D eigenvalue weighted by Gasteiger charge is -2.58. The zero-order valence-electron chi connectivity index (χ0n) is 9.47. The molecule has 3 rings (SSSR count). The van der Waals surface area contributed by atoms with Crippen molar-refractivity contribution >= 4 is 11.6 Å². The normalized spacial score (nSPS) is 23.6. The minimum absolute atomic E-state index is 0.117. The summed E-state index contributed by atoms with van der Waals surface area (Å²) in [4.78, 5) is 0. The molecule has 0 N–H and O–H groups in total. The maximum absolute atomic E-state index is 14.0. The third-order valence-corrected chi connectivity index (χ3v) is 4.74. The van der Waals surface area contributed by atoms with E-state index >= 15 is 0 Å². The van der Waals surface area contributed by atoms with Crippen molar-refractivity contribution in [1.82, 2.24) is 0 Å². The summed E-state index contributed by atoms with van der Waals surface area (Å²) in [6.45, 7) is 0. The van der Waals surface area contributed by atoms with Gasteiger partial charge in [0, 0.05) is 5.56 Å². The molecular formula is C14H13ClFN. The fraction of sp³-hybridized carbons (Fsp3) is 0.500. The number of hydrogen-bond donors (Lipinski definition) is 0. The van der Waals surface area contributed by atoms with E-state index in [9.17, 15) is 9.65 Å². The van der Waals surface area contributed by atoms with Gasteiger partial charge in [-0.2, -0.15) is 5.26 Å². The Hall–Kier alpha value is -1.07. The van der Waals surface area contributed by atoms with Crippen LogP contribution in [-0.2, 0) is 5.41 Å². The summed E-state index contributed by atoms with van der Waals surface area (Å²) in [6.07, 6.45) is 5.23. The van der Waals surface area contributed by atoms with Crippen LogP contribution in [0.15, 0.2) is 18.2 Å². The van der Waals surface area contributed by atoms with E-state index in [1.54, 1.807) is 12.1 Å². The molecule has 2 saturated carbocycles. The van der Waals surface area contributed by atoms with Crippen LogP contribution in [-0.4, -0.2) is 0 Å². The summed E-state index contributed by atoms with van der Waals surface area (Å²) in [6, 6.07) is 7.29. The summed E-state index contributed by atoms with van der Waals surface area (Å²) in [5.74, 6) is -0.412. The maximum Gasteiger partial charge on any atom is 0.146 e. The summed E-state index contributed by atoms with van der Waals surface area (Å²) >= 11 is 5.79. The smallest absolute Gasteiger partial charge is 0.146 e. The number of nitrogens with zero attached hydrogens (tertiary/aromatic N) is 1. The summed E-state index contributed by atoms with van der Waals surface area (Å²) in [5.41, 5.74) is 0.199. The van der Waals surface area contributed by atoms with Gasteiger partial charge in [-0.15, -0.1) is 0 Å². The van der Waals surface area contributed by atoms with Gasteiger partial charge in [0.05, 0.1) is 16.5 Å². The lowest BCUT2D eigenvalue weighted by atomic mass is 9.44. The minimum atomic E-state index is -0.630. The molecule has 0 radical (unpaired) electrons. The first-order chi connectivity index (χ1) is 8.11. The average molecular weight is 250 g/mol. The van der Waals surface area contributed by atoms with Crippen LogP contribution < -0.4 is 0 Å². The van der Waals surface area contributed by atoms with Crippen LogP contribution in [0.25, 0.3) is 0 Å². The Morgan fingerprint density at radius 2 is 2.00 bits per heavy atom. The third kappa shape index (κ3) is 1.42. The highest BCUT2D eigenvalue weighted by Crippen LogP contribution is 2.65. The summed E-state index contributed by atoms with van der Waals surface area (Å²) in [5, 5.41) is 9.51. The van der Waals surface area contributed by atoms with E-state index in [0.29, 0.717) is 11.0 Å². The molecule has 2 fully saturated rings. The van der Waals surface area contributed by atoms with Crippen molar-refractivity contribution in [3.05, 3.63) is 34.6 Å². The Morgan fingerprint density at radius 1 is 1.29 bits per heavy atom. The predicted molar refractivity (Wildman–Crippen MR) is 64.2 cm³/mol. The molecule has 0 unspecified atom stereocenters. The molecule has 1 aromatic rings. The van der Waals surface area contributed by atoms with Crippen LogP contribution in [0.3, 0.4) is 0 Å². The van der Waals surface area contributed by atoms with Gasteiger partial charge >= 0.3 is 0 Å². The first-order valence-corrected chi connectivity index (χ1v) is 6.34. The molecule has 2 aliphatic rings. The van der Waals surface area contributed by atoms with Crippen molar-refractivity contribution in [2.45, 2.75) is 37.5 Å². The van der Waals surface area contributed by atoms with Gasteiger partial charge in [0.15, 0.2) is 0 Å². The third-order valence-electron chi connectivity index (χ3n) is 4.45. The highest BCUT2D eigenvalue weighted by Gasteiger charge is 2.59. The molecule has 17 heavy (non-hydrogen) atoms. The molecule has 0 saturated heterocycles. The second-order valence-electron chi connectivity index (χ2n) is 5.50. The van der Waals surface area contributed by atoms with Gasteiger partial charge < -0.3 is 0 Å². The van der Waals surface area contributed by atoms with E-state index in [-0.39, 0.29) is 5.02 Å². The minimum Gasteiger partial charge on any atom is -0.205 e. The van der Waals surface area contributed by atoms with Crippen LogP contribution in [0.4, 0.5) is 4.39 Å². The van der Waals surface area contributed by atoms with Crippen LogP contribution in [0.1, 0.15) is 37.7 Å². The lowest BCUT2D eigenvalue weighted by Crippen LogP contribution is -2.52. The summed E-state index contributed by atoms with van der Waals surface area (Å²) in [7, 11) is 0. The van der Waals surface area contributed by atoms with Gasteiger partial charge in [-0.3, -0.25) is 0 Å². The van der Waals surface area contributed by atoms with Crippen LogP contribution >= 0.6 is 11.6 Å². The molecule has 0 bridgehead atoms. The van der Waals surface area contributed by atoms with Gasteiger partial charge in [-0.25, -0.2) is 4.39 Å². The molecule has 1 spiro atoms. The molecule has 3 heteroatoms. The average Bonchev–Trinajstić information content (AvgIpc) is 2.21. The highest BCUT2D eigenvalue weighted by atomic mass is 35.5. The number of benzene rings is 1. The van der Waals surface area contributed by atoms with E-state index in [4.69, 9.17) is 11.6 Å². The van der Waals surface area contributed by atoms with E-state index < -0.39 is 11.2 Å². The Bertz CT molecular complexity index is 505. The van der Waals surface area contributed by atoms with Crippen molar-refractivity contribution in [3.63, 3.8) is 0 Å². The number of halogens is 2. The van der Waals surface area contributed by atoms with Gasteiger partial charge in [-0.1, -0.05) is 30.2 Å². The predicted octanol–water partition coefficient (Wildman–Crippen LogP) is 4.20. The Balaban J connectivity index is 1.97. The standard InChI is InChI=1S/C14H13ClFN/c15-11-4-1-3-10(12(11)16)14(9-17)7-13(8-14)5-2-6-13/h1,3-4H,2,5-8H2. The van der Waals surface area contributed by atoms with E-state index in [0.717, 1.165) is 12.8 Å². The van der Waals surface area contributed by atoms with E-state index in [1.807, 2.05) is 0 Å². The monoisotopic (exact) mass is 249 g/mol. The molecule has 1 aromatic carbocycles. The molecule has 0 aliphatic heterocycles. The zero-order chi connectivity index (χ0) is 12.1. The molecule has 88 valence electrons. The first-order valence-electron chi connectivity index (χ1n) is 5.97. The SMILES string of the molecule is N#CC1(c2cccc(Cl)c2F)CC2(CCC2)C1. The fourth-order valence-electron chi connectivity index (χ4n) is 3.46. The fourth-order valence-corrected chi connectivity index (χ4v) is 3.64. The topological polar surface area (TPSA) is 23.8 Å². The maximum atomic E-state index is 14.0. The highest BCUT2D eigenvalue weighted by molar-refractivity contribution is 6.30. The van der Waals surface area contributed by atoms with Crippen molar-refractivity contribution in [2.75, 3.05) is 0 Å². The Kier molecular flexibility index (Phi) is 2.25. The van der Waals surface area contributed by atoms with Gasteiger partial charge in [0.25, 0.3) is 0 Å². The van der Waals surface area contributed by atoms with Gasteiger partial charge in [0.2, 0.25) is 0 Å². The van der Waals surface area contributed by atoms with Crippen molar-refractivity contribution in [3.8, 4) is 6.07 Å². The number of nitriles is 1. The molecule has 0 heterocycles. The Morgan fingerprint density at radius 3 is 2.53 bits per heavy atom. The molecule has 0 atom stereocenters. The molecule has 2 aliphatic carbocycles. The van der Waals surface area contributed by atoms with E-state index in [1.165, 1.54) is 25.3 Å². The van der Waals surface area contributed by atoms with Crippen LogP contribution in [0.2, 0.25) is 5.02 Å². The molecule has 0 aromatic heterocycles. The van der Waals surface area contributed by atoms with Crippen molar-refractivity contribution in [2.24, 2.45) is 5.41 Å². The zero-order valence-corrected chi connectivity index (χ0v) is 10.2. The molecule has 0 amide bonds. The number of hydrogen-bond acceptors (Lipinski definition) is 1. The molecular weight excluding hydrogens is 237 g/mol. The second kappa shape index (κ2) is 3.46. The quantitative estimate of drug-likeness (QED) is 0.732. The lowest BCUT2D eigenvalue weighted by molar-refractivity contribution is -0.0239. The van der Waals surface area contributed by atoms with Crippen molar-refractivity contribution < 1.29 is 4.39 Å². The van der Waals surface area contributed by atoms with Gasteiger partial charge in [0.1, 0.15) is 5.82 Å². The van der Waals surface area contributed by atoms with Crippen molar-refractivity contribution in [1.29, 1.82) is 5.26 Å². The second-order valence-corrected chi connectivity index (χ2v) is 5.91. The summed E-state index contributed by atoms with van der Waals surface area (Å²) < 4.78 is 14.0. The molecule has 1 nitrogen and oxygen atoms in total. The van der Waals surface area contributed by atoms with Crippen LogP contribution in [0.5, 0.6) is 0 Å². The number of rotatable bonds is 1. The van der Waals surface area contributed by atoms with Gasteiger partial charge in [-0.05, 0) is 37.2 Å². The first kappa shape index (κ1) is 11.0. The van der Waals surface area contributed by atoms with Crippen LogP contribution in [0, 0.1) is 22.6 Å². The Labute approximate surface area is 105 Å².